The summed E-state index contributed by atoms with van der Waals surface area (Å²) in [5.41, 5.74) is 1.12. The maximum absolute atomic E-state index is 11.2. The molecule has 0 amide bonds. The molecule has 0 saturated carbocycles. The van der Waals surface area contributed by atoms with Crippen LogP contribution in [-0.2, 0) is 22.9 Å². The molecule has 0 radical (unpaired) electrons. The highest BCUT2D eigenvalue weighted by molar-refractivity contribution is 7.90. The van der Waals surface area contributed by atoms with E-state index in [9.17, 15) is 8.42 Å². The van der Waals surface area contributed by atoms with Crippen LogP contribution in [0.4, 0.5) is 0 Å². The molecular weight excluding hydrogens is 288 g/mol. The van der Waals surface area contributed by atoms with Crippen LogP contribution in [0.15, 0.2) is 10.5 Å². The second-order valence-electron chi connectivity index (χ2n) is 6.19. The molecule has 0 saturated heterocycles. The Kier molecular flexibility index (Phi) is 6.90. The average Bonchev–Trinajstić information content (AvgIpc) is 2.66. The Hall–Kier alpha value is -0.850. The minimum absolute atomic E-state index is 0.184. The number of nitrogens with zero attached hydrogens (tertiary/aromatic N) is 1. The van der Waals surface area contributed by atoms with Crippen molar-refractivity contribution in [1.29, 1.82) is 0 Å². The van der Waals surface area contributed by atoms with Gasteiger partial charge in [0.2, 0.25) is 0 Å². The van der Waals surface area contributed by atoms with Crippen molar-refractivity contribution in [3.05, 3.63) is 23.2 Å². The zero-order valence-electron chi connectivity index (χ0n) is 13.8. The van der Waals surface area contributed by atoms with E-state index in [0.29, 0.717) is 19.0 Å². The van der Waals surface area contributed by atoms with Gasteiger partial charge in [0.05, 0.1) is 12.3 Å². The fraction of sp³-hybridized carbons (Fsp3) is 0.733. The molecule has 1 heterocycles. The van der Waals surface area contributed by atoms with E-state index < -0.39 is 9.84 Å². The molecular formula is C15H28N2O3S. The Balaban J connectivity index is 2.50. The predicted octanol–water partition coefficient (Wildman–Crippen LogP) is 1.81. The average molecular weight is 316 g/mol. The lowest BCUT2D eigenvalue weighted by atomic mass is 10.2. The van der Waals surface area contributed by atoms with Gasteiger partial charge in [-0.2, -0.15) is 0 Å². The SMILES string of the molecule is Cc1oc(CNCC(C)C)cc1CN(C)CCS(C)(=O)=O. The third-order valence-electron chi connectivity index (χ3n) is 3.21. The molecule has 5 nitrogen and oxygen atoms in total. The first-order valence-corrected chi connectivity index (χ1v) is 9.38. The van der Waals surface area contributed by atoms with Gasteiger partial charge in [-0.1, -0.05) is 13.8 Å². The Morgan fingerprint density at radius 3 is 2.62 bits per heavy atom. The van der Waals surface area contributed by atoms with Crippen molar-refractivity contribution < 1.29 is 12.8 Å². The molecule has 0 aromatic carbocycles. The smallest absolute Gasteiger partial charge is 0.148 e. The molecule has 0 fully saturated rings. The van der Waals surface area contributed by atoms with Crippen LogP contribution in [0.1, 0.15) is 30.9 Å². The van der Waals surface area contributed by atoms with E-state index in [1.807, 2.05) is 18.9 Å². The fourth-order valence-corrected chi connectivity index (χ4v) is 2.65. The van der Waals surface area contributed by atoms with Gasteiger partial charge in [0.15, 0.2) is 0 Å². The summed E-state index contributed by atoms with van der Waals surface area (Å²) in [5.74, 6) is 2.63. The quantitative estimate of drug-likeness (QED) is 0.753. The molecule has 0 aliphatic heterocycles. The van der Waals surface area contributed by atoms with Gasteiger partial charge in [-0.25, -0.2) is 8.42 Å². The number of sulfone groups is 1. The molecule has 122 valence electrons. The molecule has 0 atom stereocenters. The number of rotatable bonds is 9. The summed E-state index contributed by atoms with van der Waals surface area (Å²) in [6, 6.07) is 2.06. The molecule has 6 heteroatoms. The second-order valence-corrected chi connectivity index (χ2v) is 8.45. The Labute approximate surface area is 128 Å². The van der Waals surface area contributed by atoms with Gasteiger partial charge in [0.1, 0.15) is 21.4 Å². The van der Waals surface area contributed by atoms with Gasteiger partial charge in [-0.3, -0.25) is 0 Å². The minimum atomic E-state index is -2.91. The van der Waals surface area contributed by atoms with Crippen molar-refractivity contribution in [1.82, 2.24) is 10.2 Å². The number of nitrogens with one attached hydrogen (secondary N) is 1. The molecule has 1 N–H and O–H groups in total. The summed E-state index contributed by atoms with van der Waals surface area (Å²) in [4.78, 5) is 2.00. The molecule has 1 aromatic heterocycles. The van der Waals surface area contributed by atoms with E-state index in [1.54, 1.807) is 0 Å². The lowest BCUT2D eigenvalue weighted by Crippen LogP contribution is -2.25. The summed E-state index contributed by atoms with van der Waals surface area (Å²) in [7, 11) is -0.987. The number of hydrogen-bond acceptors (Lipinski definition) is 5. The highest BCUT2D eigenvalue weighted by Gasteiger charge is 2.11. The van der Waals surface area contributed by atoms with E-state index >= 15 is 0 Å². The Morgan fingerprint density at radius 2 is 2.05 bits per heavy atom. The standard InChI is InChI=1S/C15H28N2O3S/c1-12(2)9-16-10-15-8-14(13(3)20-15)11-17(4)6-7-21(5,18)19/h8,12,16H,6-7,9-11H2,1-5H3. The van der Waals surface area contributed by atoms with Gasteiger partial charge in [0.25, 0.3) is 0 Å². The normalized spacial score (nSPS) is 12.5. The lowest BCUT2D eigenvalue weighted by molar-refractivity contribution is 0.342. The molecule has 21 heavy (non-hydrogen) atoms. The first-order chi connectivity index (χ1) is 9.67. The highest BCUT2D eigenvalue weighted by Crippen LogP contribution is 2.16. The van der Waals surface area contributed by atoms with Gasteiger partial charge in [0, 0.05) is 24.9 Å². The van der Waals surface area contributed by atoms with Crippen LogP contribution < -0.4 is 5.32 Å². The van der Waals surface area contributed by atoms with Crippen molar-refractivity contribution in [2.75, 3.05) is 32.1 Å². The van der Waals surface area contributed by atoms with E-state index in [4.69, 9.17) is 4.42 Å². The first-order valence-electron chi connectivity index (χ1n) is 7.32. The number of furan rings is 1. The lowest BCUT2D eigenvalue weighted by Gasteiger charge is -2.15. The Morgan fingerprint density at radius 1 is 1.38 bits per heavy atom. The monoisotopic (exact) mass is 316 g/mol. The maximum atomic E-state index is 11.2. The zero-order chi connectivity index (χ0) is 16.0. The zero-order valence-corrected chi connectivity index (χ0v) is 14.6. The van der Waals surface area contributed by atoms with Gasteiger partial charge < -0.3 is 14.6 Å². The molecule has 0 aliphatic rings. The van der Waals surface area contributed by atoms with Crippen LogP contribution in [0.25, 0.3) is 0 Å². The highest BCUT2D eigenvalue weighted by atomic mass is 32.2. The van der Waals surface area contributed by atoms with Gasteiger partial charge in [-0.05, 0) is 32.5 Å². The van der Waals surface area contributed by atoms with Crippen LogP contribution in [0.5, 0.6) is 0 Å². The van der Waals surface area contributed by atoms with Crippen molar-refractivity contribution >= 4 is 9.84 Å². The van der Waals surface area contributed by atoms with Crippen LogP contribution in [0, 0.1) is 12.8 Å². The second kappa shape index (κ2) is 7.96. The molecule has 0 unspecified atom stereocenters. The van der Waals surface area contributed by atoms with Crippen molar-refractivity contribution in [3.63, 3.8) is 0 Å². The van der Waals surface area contributed by atoms with Gasteiger partial charge in [-0.15, -0.1) is 0 Å². The van der Waals surface area contributed by atoms with E-state index in [-0.39, 0.29) is 5.75 Å². The molecule has 0 bridgehead atoms. The minimum Gasteiger partial charge on any atom is -0.465 e. The fourth-order valence-electron chi connectivity index (χ4n) is 2.01. The number of hydrogen-bond donors (Lipinski definition) is 1. The molecule has 1 rings (SSSR count). The van der Waals surface area contributed by atoms with Crippen molar-refractivity contribution in [3.8, 4) is 0 Å². The first kappa shape index (κ1) is 18.2. The summed E-state index contributed by atoms with van der Waals surface area (Å²) >= 11 is 0. The van der Waals surface area contributed by atoms with E-state index in [1.165, 1.54) is 6.26 Å². The topological polar surface area (TPSA) is 62.6 Å². The molecule has 0 aliphatic carbocycles. The van der Waals surface area contributed by atoms with E-state index in [0.717, 1.165) is 30.2 Å². The summed E-state index contributed by atoms with van der Waals surface area (Å²) < 4.78 is 28.1. The molecule has 0 spiro atoms. The predicted molar refractivity (Wildman–Crippen MR) is 86.0 cm³/mol. The van der Waals surface area contributed by atoms with Crippen LogP contribution in [0.3, 0.4) is 0 Å². The van der Waals surface area contributed by atoms with Crippen LogP contribution in [0.2, 0.25) is 0 Å². The Bertz CT molecular complexity index is 535. The summed E-state index contributed by atoms with van der Waals surface area (Å²) in [6.45, 7) is 9.21. The van der Waals surface area contributed by atoms with Crippen molar-refractivity contribution in [2.45, 2.75) is 33.9 Å². The third kappa shape index (κ3) is 7.64. The third-order valence-corrected chi connectivity index (χ3v) is 4.13. The largest absolute Gasteiger partial charge is 0.465 e. The van der Waals surface area contributed by atoms with Gasteiger partial charge >= 0.3 is 0 Å². The summed E-state index contributed by atoms with van der Waals surface area (Å²) in [6.07, 6.45) is 1.27. The van der Waals surface area contributed by atoms with Crippen LogP contribution >= 0.6 is 0 Å². The van der Waals surface area contributed by atoms with Crippen LogP contribution in [-0.4, -0.2) is 45.5 Å². The number of aryl methyl sites for hydroxylation is 1. The van der Waals surface area contributed by atoms with E-state index in [2.05, 4.69) is 25.2 Å². The molecule has 1 aromatic rings. The van der Waals surface area contributed by atoms with Crippen molar-refractivity contribution in [2.24, 2.45) is 5.92 Å². The maximum Gasteiger partial charge on any atom is 0.148 e. The summed E-state index contributed by atoms with van der Waals surface area (Å²) in [5, 5.41) is 3.35.